The van der Waals surface area contributed by atoms with Gasteiger partial charge in [0, 0.05) is 37.3 Å². The van der Waals surface area contributed by atoms with E-state index in [2.05, 4.69) is 27.0 Å². The standard InChI is InChI=1S/C21H24N4O3S/c1-3-20(19-10-11-23-24-19)25-13-18(14-25)28-17-7-4-15(5-8-17)16-6-9-21(22-12-16)29(2,26)27/h4-12,18,20H,3,13-14H2,1-2H3,(H,23,24). The van der Waals surface area contributed by atoms with Crippen LogP contribution in [-0.4, -0.2) is 53.9 Å². The summed E-state index contributed by atoms with van der Waals surface area (Å²) in [6.07, 6.45) is 5.72. The molecule has 1 unspecified atom stereocenters. The van der Waals surface area contributed by atoms with Gasteiger partial charge in [-0.3, -0.25) is 10.00 Å². The molecule has 1 aliphatic heterocycles. The van der Waals surface area contributed by atoms with Crippen molar-refractivity contribution in [2.75, 3.05) is 19.3 Å². The van der Waals surface area contributed by atoms with Gasteiger partial charge in [-0.15, -0.1) is 0 Å². The van der Waals surface area contributed by atoms with E-state index in [1.165, 1.54) is 6.07 Å². The highest BCUT2D eigenvalue weighted by atomic mass is 32.2. The summed E-state index contributed by atoms with van der Waals surface area (Å²) in [5.41, 5.74) is 2.97. The molecule has 1 N–H and O–H groups in total. The van der Waals surface area contributed by atoms with Crippen LogP contribution in [0.25, 0.3) is 11.1 Å². The molecule has 1 aromatic carbocycles. The van der Waals surface area contributed by atoms with Crippen molar-refractivity contribution in [3.8, 4) is 16.9 Å². The lowest BCUT2D eigenvalue weighted by molar-refractivity contribution is -0.0122. The van der Waals surface area contributed by atoms with Crippen molar-refractivity contribution in [3.05, 3.63) is 60.6 Å². The van der Waals surface area contributed by atoms with Crippen LogP contribution in [0.5, 0.6) is 5.75 Å². The minimum absolute atomic E-state index is 0.0799. The number of hydrogen-bond donors (Lipinski definition) is 1. The third-order valence-electron chi connectivity index (χ3n) is 5.19. The van der Waals surface area contributed by atoms with Gasteiger partial charge in [0.2, 0.25) is 0 Å². The van der Waals surface area contributed by atoms with Crippen molar-refractivity contribution >= 4 is 9.84 Å². The van der Waals surface area contributed by atoms with Gasteiger partial charge in [-0.2, -0.15) is 5.10 Å². The Morgan fingerprint density at radius 2 is 1.86 bits per heavy atom. The highest BCUT2D eigenvalue weighted by Gasteiger charge is 2.34. The minimum Gasteiger partial charge on any atom is -0.488 e. The minimum atomic E-state index is -3.29. The van der Waals surface area contributed by atoms with E-state index in [1.807, 2.05) is 30.3 Å². The van der Waals surface area contributed by atoms with Crippen LogP contribution < -0.4 is 4.74 Å². The smallest absolute Gasteiger partial charge is 0.192 e. The van der Waals surface area contributed by atoms with Gasteiger partial charge in [-0.1, -0.05) is 19.1 Å². The molecule has 1 aliphatic rings. The molecule has 1 atom stereocenters. The molecule has 1 saturated heterocycles. The number of benzene rings is 1. The molecule has 152 valence electrons. The summed E-state index contributed by atoms with van der Waals surface area (Å²) in [6.45, 7) is 3.95. The number of H-pyrrole nitrogens is 1. The quantitative estimate of drug-likeness (QED) is 0.642. The Kier molecular flexibility index (Phi) is 5.38. The number of ether oxygens (including phenoxy) is 1. The normalized spacial score (nSPS) is 16.3. The number of aromatic nitrogens is 3. The molecule has 1 fully saturated rings. The van der Waals surface area contributed by atoms with Crippen LogP contribution in [0.2, 0.25) is 0 Å². The average Bonchev–Trinajstić information content (AvgIpc) is 3.21. The Morgan fingerprint density at radius 3 is 2.41 bits per heavy atom. The molecule has 0 bridgehead atoms. The Hall–Kier alpha value is -2.71. The molecule has 0 amide bonds. The van der Waals surface area contributed by atoms with E-state index in [1.54, 1.807) is 18.5 Å². The highest BCUT2D eigenvalue weighted by molar-refractivity contribution is 7.90. The lowest BCUT2D eigenvalue weighted by Gasteiger charge is -2.43. The fourth-order valence-corrected chi connectivity index (χ4v) is 4.17. The summed E-state index contributed by atoms with van der Waals surface area (Å²) in [5, 5.41) is 7.20. The van der Waals surface area contributed by atoms with Gasteiger partial charge in [-0.25, -0.2) is 13.4 Å². The van der Waals surface area contributed by atoms with E-state index < -0.39 is 9.84 Å². The van der Waals surface area contributed by atoms with Gasteiger partial charge in [0.05, 0.1) is 11.7 Å². The highest BCUT2D eigenvalue weighted by Crippen LogP contribution is 2.30. The fourth-order valence-electron chi connectivity index (χ4n) is 3.61. The molecule has 0 aliphatic carbocycles. The van der Waals surface area contributed by atoms with Crippen molar-refractivity contribution in [3.63, 3.8) is 0 Å². The fraction of sp³-hybridized carbons (Fsp3) is 0.333. The third kappa shape index (κ3) is 4.33. The number of likely N-dealkylation sites (tertiary alicyclic amines) is 1. The largest absolute Gasteiger partial charge is 0.488 e. The Morgan fingerprint density at radius 1 is 1.14 bits per heavy atom. The first-order valence-electron chi connectivity index (χ1n) is 9.60. The molecule has 0 spiro atoms. The van der Waals surface area contributed by atoms with Crippen LogP contribution in [0.15, 0.2) is 59.9 Å². The summed E-state index contributed by atoms with van der Waals surface area (Å²) in [6, 6.07) is 13.5. The van der Waals surface area contributed by atoms with Gasteiger partial charge in [0.25, 0.3) is 0 Å². The second-order valence-electron chi connectivity index (χ2n) is 7.31. The summed E-state index contributed by atoms with van der Waals surface area (Å²) < 4.78 is 29.1. The number of sulfone groups is 1. The predicted molar refractivity (Wildman–Crippen MR) is 110 cm³/mol. The maximum absolute atomic E-state index is 11.5. The molecular formula is C21H24N4O3S. The van der Waals surface area contributed by atoms with E-state index in [0.29, 0.717) is 6.04 Å². The molecule has 8 heteroatoms. The SMILES string of the molecule is CCC(c1ccn[nH]1)N1CC(Oc2ccc(-c3ccc(S(C)(=O)=O)nc3)cc2)C1. The number of hydrogen-bond acceptors (Lipinski definition) is 6. The summed E-state index contributed by atoms with van der Waals surface area (Å²) in [7, 11) is -3.29. The summed E-state index contributed by atoms with van der Waals surface area (Å²) in [5.74, 6) is 0.828. The first-order chi connectivity index (χ1) is 13.9. The Labute approximate surface area is 170 Å². The van der Waals surface area contributed by atoms with E-state index in [0.717, 1.165) is 48.3 Å². The molecule has 29 heavy (non-hydrogen) atoms. The van der Waals surface area contributed by atoms with Crippen molar-refractivity contribution in [2.24, 2.45) is 0 Å². The van der Waals surface area contributed by atoms with Gasteiger partial charge in [0.1, 0.15) is 11.9 Å². The summed E-state index contributed by atoms with van der Waals surface area (Å²) in [4.78, 5) is 6.43. The number of nitrogens with zero attached hydrogens (tertiary/aromatic N) is 3. The number of rotatable bonds is 7. The van der Waals surface area contributed by atoms with Gasteiger partial charge >= 0.3 is 0 Å². The van der Waals surface area contributed by atoms with E-state index in [9.17, 15) is 8.42 Å². The third-order valence-corrected chi connectivity index (χ3v) is 6.19. The molecule has 2 aromatic heterocycles. The zero-order valence-corrected chi connectivity index (χ0v) is 17.3. The summed E-state index contributed by atoms with van der Waals surface area (Å²) >= 11 is 0. The molecule has 0 saturated carbocycles. The monoisotopic (exact) mass is 412 g/mol. The molecule has 4 rings (SSSR count). The lowest BCUT2D eigenvalue weighted by Crippen LogP contribution is -2.54. The first-order valence-corrected chi connectivity index (χ1v) is 11.5. The van der Waals surface area contributed by atoms with Crippen LogP contribution >= 0.6 is 0 Å². The van der Waals surface area contributed by atoms with Crippen LogP contribution in [0.1, 0.15) is 25.1 Å². The van der Waals surface area contributed by atoms with Crippen LogP contribution in [-0.2, 0) is 9.84 Å². The maximum atomic E-state index is 11.5. The van der Waals surface area contributed by atoms with Crippen LogP contribution in [0, 0.1) is 0 Å². The molecular weight excluding hydrogens is 388 g/mol. The zero-order chi connectivity index (χ0) is 20.4. The Balaban J connectivity index is 1.35. The molecule has 7 nitrogen and oxygen atoms in total. The topological polar surface area (TPSA) is 88.2 Å². The van der Waals surface area contributed by atoms with E-state index in [4.69, 9.17) is 4.74 Å². The van der Waals surface area contributed by atoms with Gasteiger partial charge in [-0.05, 0) is 42.3 Å². The maximum Gasteiger partial charge on any atom is 0.192 e. The van der Waals surface area contributed by atoms with Crippen molar-refractivity contribution in [1.82, 2.24) is 20.1 Å². The number of pyridine rings is 1. The molecule has 3 aromatic rings. The number of nitrogens with one attached hydrogen (secondary N) is 1. The lowest BCUT2D eigenvalue weighted by atomic mass is 10.0. The van der Waals surface area contributed by atoms with Gasteiger partial charge in [0.15, 0.2) is 14.9 Å². The van der Waals surface area contributed by atoms with Crippen molar-refractivity contribution < 1.29 is 13.2 Å². The molecule has 0 radical (unpaired) electrons. The predicted octanol–water partition coefficient (Wildman–Crippen LogP) is 3.09. The molecule has 3 heterocycles. The number of aromatic amines is 1. The van der Waals surface area contributed by atoms with Crippen molar-refractivity contribution in [1.29, 1.82) is 0 Å². The van der Waals surface area contributed by atoms with Crippen LogP contribution in [0.3, 0.4) is 0 Å². The second-order valence-corrected chi connectivity index (χ2v) is 9.27. The van der Waals surface area contributed by atoms with Crippen molar-refractivity contribution in [2.45, 2.75) is 30.5 Å². The zero-order valence-electron chi connectivity index (χ0n) is 16.4. The first kappa shape index (κ1) is 19.6. The second kappa shape index (κ2) is 7.96. The van der Waals surface area contributed by atoms with E-state index >= 15 is 0 Å². The van der Waals surface area contributed by atoms with Crippen LogP contribution in [0.4, 0.5) is 0 Å². The van der Waals surface area contributed by atoms with Gasteiger partial charge < -0.3 is 4.74 Å². The average molecular weight is 413 g/mol. The van der Waals surface area contributed by atoms with E-state index in [-0.39, 0.29) is 11.1 Å². The Bertz CT molecular complexity index is 1040.